The third kappa shape index (κ3) is 7.24. The van der Waals surface area contributed by atoms with Crippen LogP contribution in [-0.2, 0) is 14.3 Å². The molecule has 0 aliphatic carbocycles. The Balaban J connectivity index is 1.80. The molecule has 0 spiro atoms. The van der Waals surface area contributed by atoms with E-state index in [0.29, 0.717) is 17.9 Å². The monoisotopic (exact) mass is 412 g/mol. The van der Waals surface area contributed by atoms with Gasteiger partial charge in [-0.05, 0) is 31.0 Å². The lowest BCUT2D eigenvalue weighted by Crippen LogP contribution is -2.35. The molecule has 0 saturated heterocycles. The van der Waals surface area contributed by atoms with Gasteiger partial charge in [-0.2, -0.15) is 0 Å². The molecule has 0 aliphatic rings. The van der Waals surface area contributed by atoms with Gasteiger partial charge in [-0.25, -0.2) is 0 Å². The number of rotatable bonds is 11. The highest BCUT2D eigenvalue weighted by molar-refractivity contribution is 5.98. The highest BCUT2D eigenvalue weighted by atomic mass is 16.5. The van der Waals surface area contributed by atoms with Crippen molar-refractivity contribution in [3.8, 4) is 5.75 Å². The molecule has 0 aliphatic heterocycles. The normalized spacial score (nSPS) is 11.3. The van der Waals surface area contributed by atoms with E-state index in [2.05, 4.69) is 10.6 Å². The van der Waals surface area contributed by atoms with Crippen molar-refractivity contribution in [3.63, 3.8) is 0 Å². The van der Waals surface area contributed by atoms with Crippen LogP contribution in [0.15, 0.2) is 54.6 Å². The van der Waals surface area contributed by atoms with Crippen molar-refractivity contribution in [1.29, 1.82) is 0 Å². The molecule has 2 amide bonds. The molecule has 0 radical (unpaired) electrons. The molecule has 2 N–H and O–H groups in total. The van der Waals surface area contributed by atoms with Gasteiger partial charge in [0.15, 0.2) is 6.61 Å². The molecular formula is C23H28N2O5. The summed E-state index contributed by atoms with van der Waals surface area (Å²) in [5.41, 5.74) is 1.33. The van der Waals surface area contributed by atoms with Crippen molar-refractivity contribution in [2.45, 2.75) is 32.7 Å². The van der Waals surface area contributed by atoms with Crippen molar-refractivity contribution in [2.75, 3.05) is 19.8 Å². The van der Waals surface area contributed by atoms with Crippen molar-refractivity contribution in [2.24, 2.45) is 0 Å². The first-order valence-electron chi connectivity index (χ1n) is 10.0. The minimum atomic E-state index is -0.695. The molecule has 0 fully saturated rings. The summed E-state index contributed by atoms with van der Waals surface area (Å²) in [7, 11) is 0. The molecule has 7 heteroatoms. The van der Waals surface area contributed by atoms with Crippen molar-refractivity contribution < 1.29 is 23.9 Å². The quantitative estimate of drug-likeness (QED) is 0.554. The van der Waals surface area contributed by atoms with Crippen LogP contribution in [0, 0.1) is 0 Å². The van der Waals surface area contributed by atoms with Gasteiger partial charge in [0.25, 0.3) is 11.8 Å². The number of hydrogen-bond acceptors (Lipinski definition) is 5. The Labute approximate surface area is 176 Å². The molecule has 2 aromatic carbocycles. The molecule has 0 unspecified atom stereocenters. The second-order valence-corrected chi connectivity index (χ2v) is 6.59. The Kier molecular flexibility index (Phi) is 9.37. The van der Waals surface area contributed by atoms with Gasteiger partial charge in [0.1, 0.15) is 12.3 Å². The molecule has 0 heterocycles. The fraction of sp³-hybridized carbons (Fsp3) is 0.348. The number of carbonyl (C=O) groups is 3. The number of para-hydroxylation sites is 1. The number of esters is 1. The van der Waals surface area contributed by atoms with Gasteiger partial charge in [-0.1, -0.05) is 55.8 Å². The van der Waals surface area contributed by atoms with E-state index in [0.717, 1.165) is 18.4 Å². The van der Waals surface area contributed by atoms with E-state index in [4.69, 9.17) is 9.47 Å². The number of amides is 2. The topological polar surface area (TPSA) is 93.7 Å². The lowest BCUT2D eigenvalue weighted by atomic mass is 10.0. The molecule has 2 rings (SSSR count). The predicted octanol–water partition coefficient (Wildman–Crippen LogP) is 3.02. The first-order chi connectivity index (χ1) is 14.5. The lowest BCUT2D eigenvalue weighted by molar-refractivity contribution is -0.147. The van der Waals surface area contributed by atoms with Gasteiger partial charge < -0.3 is 20.1 Å². The van der Waals surface area contributed by atoms with Crippen molar-refractivity contribution >= 4 is 17.8 Å². The summed E-state index contributed by atoms with van der Waals surface area (Å²) in [6.07, 6.45) is 1.67. The zero-order valence-corrected chi connectivity index (χ0v) is 17.4. The van der Waals surface area contributed by atoms with Crippen molar-refractivity contribution in [1.82, 2.24) is 10.6 Å². The van der Waals surface area contributed by atoms with Gasteiger partial charge in [0, 0.05) is 0 Å². The lowest BCUT2D eigenvalue weighted by Gasteiger charge is -2.18. The third-order valence-electron chi connectivity index (χ3n) is 4.30. The Morgan fingerprint density at radius 2 is 1.67 bits per heavy atom. The zero-order chi connectivity index (χ0) is 21.8. The fourth-order valence-corrected chi connectivity index (χ4v) is 2.91. The largest absolute Gasteiger partial charge is 0.493 e. The minimum Gasteiger partial charge on any atom is -0.493 e. The van der Waals surface area contributed by atoms with Crippen LogP contribution in [0.25, 0.3) is 0 Å². The predicted molar refractivity (Wildman–Crippen MR) is 113 cm³/mol. The molecular weight excluding hydrogens is 384 g/mol. The maximum Gasteiger partial charge on any atom is 0.325 e. The summed E-state index contributed by atoms with van der Waals surface area (Å²) in [6, 6.07) is 16.2. The minimum absolute atomic E-state index is 0.142. The number of ether oxygens (including phenoxy) is 2. The molecule has 160 valence electrons. The number of benzene rings is 2. The number of nitrogens with one attached hydrogen (secondary N) is 2. The maximum atomic E-state index is 12.3. The molecule has 0 bridgehead atoms. The van der Waals surface area contributed by atoms with E-state index in [-0.39, 0.29) is 12.6 Å². The van der Waals surface area contributed by atoms with Crippen LogP contribution >= 0.6 is 0 Å². The van der Waals surface area contributed by atoms with Gasteiger partial charge in [-0.15, -0.1) is 0 Å². The Hall–Kier alpha value is -3.35. The van der Waals surface area contributed by atoms with Gasteiger partial charge in [0.05, 0.1) is 18.2 Å². The van der Waals surface area contributed by atoms with Gasteiger partial charge in [-0.3, -0.25) is 14.4 Å². The van der Waals surface area contributed by atoms with E-state index in [9.17, 15) is 14.4 Å². The van der Waals surface area contributed by atoms with Crippen LogP contribution in [0.5, 0.6) is 5.75 Å². The van der Waals surface area contributed by atoms with Crippen molar-refractivity contribution in [3.05, 3.63) is 65.7 Å². The second kappa shape index (κ2) is 12.3. The zero-order valence-electron chi connectivity index (χ0n) is 17.4. The molecule has 30 heavy (non-hydrogen) atoms. The van der Waals surface area contributed by atoms with Crippen LogP contribution in [0.2, 0.25) is 0 Å². The smallest absolute Gasteiger partial charge is 0.325 e. The standard InChI is InChI=1S/C23H28N2O5/c1-3-10-19(17-11-6-5-7-12-17)25-21(26)16-30-22(27)15-24-23(28)18-13-8-9-14-20(18)29-4-2/h5-9,11-14,19H,3-4,10,15-16H2,1-2H3,(H,24,28)(H,25,26)/t19-/m1/s1. The van der Waals surface area contributed by atoms with Gasteiger partial charge >= 0.3 is 5.97 Å². The number of carbonyl (C=O) groups excluding carboxylic acids is 3. The van der Waals surface area contributed by atoms with E-state index >= 15 is 0 Å². The van der Waals surface area contributed by atoms with Crippen LogP contribution in [-0.4, -0.2) is 37.5 Å². The van der Waals surface area contributed by atoms with Crippen LogP contribution in [0.1, 0.15) is 48.7 Å². The summed E-state index contributed by atoms with van der Waals surface area (Å²) in [5.74, 6) is -1.10. The van der Waals surface area contributed by atoms with Gasteiger partial charge in [0.2, 0.25) is 0 Å². The molecule has 0 aromatic heterocycles. The fourth-order valence-electron chi connectivity index (χ4n) is 2.91. The average molecular weight is 412 g/mol. The Bertz CT molecular complexity index is 838. The average Bonchev–Trinajstić information content (AvgIpc) is 2.77. The molecule has 7 nitrogen and oxygen atoms in total. The Morgan fingerprint density at radius 3 is 2.37 bits per heavy atom. The summed E-state index contributed by atoms with van der Waals surface area (Å²) in [6.45, 7) is 3.53. The Morgan fingerprint density at radius 1 is 0.967 bits per heavy atom. The van der Waals surface area contributed by atoms with E-state index < -0.39 is 24.4 Å². The summed E-state index contributed by atoms with van der Waals surface area (Å²) in [5, 5.41) is 5.36. The first kappa shape index (κ1) is 22.9. The molecule has 0 saturated carbocycles. The van der Waals surface area contributed by atoms with Crippen LogP contribution in [0.3, 0.4) is 0 Å². The number of hydrogen-bond donors (Lipinski definition) is 2. The first-order valence-corrected chi connectivity index (χ1v) is 10.0. The maximum absolute atomic E-state index is 12.3. The van der Waals surface area contributed by atoms with E-state index in [1.165, 1.54) is 0 Å². The summed E-state index contributed by atoms with van der Waals surface area (Å²) < 4.78 is 10.4. The molecule has 2 aromatic rings. The second-order valence-electron chi connectivity index (χ2n) is 6.59. The van der Waals surface area contributed by atoms with Crippen LogP contribution in [0.4, 0.5) is 0 Å². The van der Waals surface area contributed by atoms with Crippen LogP contribution < -0.4 is 15.4 Å². The highest BCUT2D eigenvalue weighted by Crippen LogP contribution is 2.18. The van der Waals surface area contributed by atoms with E-state index in [1.54, 1.807) is 24.3 Å². The molecule has 1 atom stereocenters. The van der Waals surface area contributed by atoms with E-state index in [1.807, 2.05) is 44.2 Å². The summed E-state index contributed by atoms with van der Waals surface area (Å²) >= 11 is 0. The highest BCUT2D eigenvalue weighted by Gasteiger charge is 2.16. The summed E-state index contributed by atoms with van der Waals surface area (Å²) in [4.78, 5) is 36.4. The SMILES string of the molecule is CCC[C@@H](NC(=O)COC(=O)CNC(=O)c1ccccc1OCC)c1ccccc1. The third-order valence-corrected chi connectivity index (χ3v) is 4.30.